The molecule has 4 rings (SSSR count). The van der Waals surface area contributed by atoms with E-state index in [1.165, 1.54) is 12.8 Å². The van der Waals surface area contributed by atoms with Crippen molar-refractivity contribution in [2.45, 2.75) is 44.8 Å². The Morgan fingerprint density at radius 2 is 1.84 bits per heavy atom. The third-order valence-corrected chi connectivity index (χ3v) is 5.68. The summed E-state index contributed by atoms with van der Waals surface area (Å²) in [6, 6.07) is 14.1. The molecule has 3 aromatic rings. The number of pyridine rings is 1. The van der Waals surface area contributed by atoms with Gasteiger partial charge in [0.05, 0.1) is 6.42 Å². The Hall–Kier alpha value is -3.13. The highest BCUT2D eigenvalue weighted by Crippen LogP contribution is 2.23. The number of hydrogen-bond acceptors (Lipinski definition) is 5. The maximum Gasteiger partial charge on any atom is 0.291 e. The van der Waals surface area contributed by atoms with Crippen molar-refractivity contribution in [2.75, 3.05) is 5.32 Å². The van der Waals surface area contributed by atoms with Gasteiger partial charge in [0.15, 0.2) is 10.4 Å². The maximum absolute atomic E-state index is 12.4. The van der Waals surface area contributed by atoms with Crippen LogP contribution < -0.4 is 15.4 Å². The lowest BCUT2D eigenvalue weighted by molar-refractivity contribution is -0.120. The Morgan fingerprint density at radius 1 is 1.06 bits per heavy atom. The molecule has 0 spiro atoms. The molecule has 2 heterocycles. The molecule has 1 aliphatic carbocycles. The van der Waals surface area contributed by atoms with Crippen molar-refractivity contribution in [2.24, 2.45) is 0 Å². The van der Waals surface area contributed by atoms with E-state index in [-0.39, 0.29) is 30.1 Å². The molecule has 2 N–H and O–H groups in total. The normalized spacial score (nSPS) is 13.7. The molecule has 32 heavy (non-hydrogen) atoms. The van der Waals surface area contributed by atoms with Crippen LogP contribution in [0, 0.1) is 0 Å². The van der Waals surface area contributed by atoms with Gasteiger partial charge in [-0.3, -0.25) is 9.59 Å². The zero-order chi connectivity index (χ0) is 22.3. The van der Waals surface area contributed by atoms with Gasteiger partial charge in [0, 0.05) is 24.5 Å². The van der Waals surface area contributed by atoms with Crippen LogP contribution in [0.5, 0.6) is 5.88 Å². The summed E-state index contributed by atoms with van der Waals surface area (Å²) >= 11 is 3.17. The minimum atomic E-state index is -0.338. The third kappa shape index (κ3) is 6.20. The average molecular weight is 498 g/mol. The highest BCUT2D eigenvalue weighted by atomic mass is 79.9. The number of amides is 2. The molecular weight excluding hydrogens is 474 g/mol. The van der Waals surface area contributed by atoms with E-state index >= 15 is 0 Å². The van der Waals surface area contributed by atoms with Crippen molar-refractivity contribution in [3.63, 3.8) is 0 Å². The van der Waals surface area contributed by atoms with E-state index < -0.39 is 0 Å². The second kappa shape index (κ2) is 10.5. The highest BCUT2D eigenvalue weighted by molar-refractivity contribution is 9.10. The van der Waals surface area contributed by atoms with Crippen LogP contribution in [0.3, 0.4) is 0 Å². The minimum absolute atomic E-state index is 0.0858. The third-order valence-electron chi connectivity index (χ3n) is 5.25. The first-order chi connectivity index (χ1) is 15.5. The fraction of sp³-hybridized carbons (Fsp3) is 0.292. The van der Waals surface area contributed by atoms with Crippen LogP contribution in [0.4, 0.5) is 5.69 Å². The van der Waals surface area contributed by atoms with Crippen molar-refractivity contribution in [3.05, 3.63) is 76.3 Å². The van der Waals surface area contributed by atoms with Crippen molar-refractivity contribution in [3.8, 4) is 5.88 Å². The predicted molar refractivity (Wildman–Crippen MR) is 123 cm³/mol. The number of hydrogen-bond donors (Lipinski definition) is 2. The molecule has 0 radical (unpaired) electrons. The summed E-state index contributed by atoms with van der Waals surface area (Å²) in [5, 5.41) is 5.69. The Kier molecular flexibility index (Phi) is 7.21. The van der Waals surface area contributed by atoms with Crippen LogP contribution in [0.2, 0.25) is 0 Å². The molecular formula is C24H24BrN3O4. The van der Waals surface area contributed by atoms with Crippen molar-refractivity contribution in [1.29, 1.82) is 0 Å². The van der Waals surface area contributed by atoms with Crippen LogP contribution in [-0.2, 0) is 17.8 Å². The average Bonchev–Trinajstić information content (AvgIpc) is 3.46. The Balaban J connectivity index is 1.25. The molecule has 2 amide bonds. The lowest BCUT2D eigenvalue weighted by Gasteiger charge is -2.13. The zero-order valence-electron chi connectivity index (χ0n) is 17.5. The van der Waals surface area contributed by atoms with E-state index in [0.717, 1.165) is 24.0 Å². The van der Waals surface area contributed by atoms with Gasteiger partial charge >= 0.3 is 0 Å². The largest absolute Gasteiger partial charge is 0.474 e. The molecule has 0 bridgehead atoms. The second-order valence-electron chi connectivity index (χ2n) is 7.73. The number of rotatable bonds is 8. The first-order valence-electron chi connectivity index (χ1n) is 10.6. The van der Waals surface area contributed by atoms with Gasteiger partial charge in [-0.25, -0.2) is 4.98 Å². The standard InChI is InChI=1S/C24H24BrN3O4/c25-21-10-9-20(32-21)24(30)28-18-7-5-16(6-8-18)13-22(29)27-15-17-11-12-26-23(14-17)31-19-3-1-2-4-19/h5-12,14,19H,1-4,13,15H2,(H,27,29)(H,28,30). The van der Waals surface area contributed by atoms with Crippen molar-refractivity contribution >= 4 is 33.4 Å². The molecule has 2 aromatic heterocycles. The summed E-state index contributed by atoms with van der Waals surface area (Å²) in [6.07, 6.45) is 6.76. The number of carbonyl (C=O) groups is 2. The molecule has 1 aromatic carbocycles. The first kappa shape index (κ1) is 22.1. The van der Waals surface area contributed by atoms with E-state index in [1.54, 1.807) is 30.5 Å². The van der Waals surface area contributed by atoms with Gasteiger partial charge < -0.3 is 19.8 Å². The molecule has 1 saturated carbocycles. The van der Waals surface area contributed by atoms with Gasteiger partial charge in [-0.2, -0.15) is 0 Å². The summed E-state index contributed by atoms with van der Waals surface area (Å²) in [6.45, 7) is 0.412. The van der Waals surface area contributed by atoms with E-state index in [2.05, 4.69) is 31.5 Å². The quantitative estimate of drug-likeness (QED) is 0.462. The fourth-order valence-electron chi connectivity index (χ4n) is 3.59. The summed E-state index contributed by atoms with van der Waals surface area (Å²) < 4.78 is 11.7. The minimum Gasteiger partial charge on any atom is -0.474 e. The lowest BCUT2D eigenvalue weighted by atomic mass is 10.1. The van der Waals surface area contributed by atoms with Crippen molar-refractivity contribution in [1.82, 2.24) is 10.3 Å². The van der Waals surface area contributed by atoms with Crippen LogP contribution in [-0.4, -0.2) is 22.9 Å². The van der Waals surface area contributed by atoms with E-state index in [4.69, 9.17) is 9.15 Å². The number of ether oxygens (including phenoxy) is 1. The number of benzene rings is 1. The number of nitrogens with one attached hydrogen (secondary N) is 2. The highest BCUT2D eigenvalue weighted by Gasteiger charge is 2.17. The van der Waals surface area contributed by atoms with E-state index in [1.807, 2.05) is 24.3 Å². The number of halogens is 1. The number of furan rings is 1. The molecule has 166 valence electrons. The van der Waals surface area contributed by atoms with Crippen LogP contribution in [0.25, 0.3) is 0 Å². The number of aromatic nitrogens is 1. The van der Waals surface area contributed by atoms with Crippen molar-refractivity contribution < 1.29 is 18.7 Å². The van der Waals surface area contributed by atoms with Gasteiger partial charge in [0.25, 0.3) is 5.91 Å². The maximum atomic E-state index is 12.4. The Labute approximate surface area is 194 Å². The summed E-state index contributed by atoms with van der Waals surface area (Å²) in [7, 11) is 0. The number of nitrogens with zero attached hydrogens (tertiary/aromatic N) is 1. The zero-order valence-corrected chi connectivity index (χ0v) is 19.1. The van der Waals surface area contributed by atoms with Gasteiger partial charge in [0.1, 0.15) is 6.10 Å². The first-order valence-corrected chi connectivity index (χ1v) is 11.4. The van der Waals surface area contributed by atoms with Gasteiger partial charge in [0.2, 0.25) is 11.8 Å². The monoisotopic (exact) mass is 497 g/mol. The van der Waals surface area contributed by atoms with E-state index in [9.17, 15) is 9.59 Å². The lowest BCUT2D eigenvalue weighted by Crippen LogP contribution is -2.24. The van der Waals surface area contributed by atoms with Crippen LogP contribution in [0.15, 0.2) is 63.8 Å². The SMILES string of the molecule is O=C(Cc1ccc(NC(=O)c2ccc(Br)o2)cc1)NCc1ccnc(OC2CCCC2)c1. The molecule has 8 heteroatoms. The Bertz CT molecular complexity index is 1070. The van der Waals surface area contributed by atoms with Gasteiger partial charge in [-0.05, 0) is 83.1 Å². The Morgan fingerprint density at radius 3 is 2.56 bits per heavy atom. The smallest absolute Gasteiger partial charge is 0.291 e. The molecule has 1 aliphatic rings. The molecule has 0 aliphatic heterocycles. The van der Waals surface area contributed by atoms with Crippen LogP contribution >= 0.6 is 15.9 Å². The molecule has 1 fully saturated rings. The molecule has 0 atom stereocenters. The topological polar surface area (TPSA) is 93.5 Å². The summed E-state index contributed by atoms with van der Waals surface area (Å²) in [5.41, 5.74) is 2.42. The number of anilines is 1. The molecule has 0 unspecified atom stereocenters. The summed E-state index contributed by atoms with van der Waals surface area (Å²) in [5.74, 6) is 0.406. The van der Waals surface area contributed by atoms with Gasteiger partial charge in [-0.1, -0.05) is 12.1 Å². The summed E-state index contributed by atoms with van der Waals surface area (Å²) in [4.78, 5) is 28.8. The number of carbonyl (C=O) groups excluding carboxylic acids is 2. The fourth-order valence-corrected chi connectivity index (χ4v) is 3.89. The molecule has 7 nitrogen and oxygen atoms in total. The van der Waals surface area contributed by atoms with Crippen LogP contribution in [0.1, 0.15) is 47.4 Å². The molecule has 0 saturated heterocycles. The van der Waals surface area contributed by atoms with Gasteiger partial charge in [-0.15, -0.1) is 0 Å². The van der Waals surface area contributed by atoms with E-state index in [0.29, 0.717) is 22.8 Å². The predicted octanol–water partition coefficient (Wildman–Crippen LogP) is 4.87. The second-order valence-corrected chi connectivity index (χ2v) is 8.52.